The number of carbonyl (C=O) groups is 1. The Morgan fingerprint density at radius 3 is 2.11 bits per heavy atom. The third-order valence-electron chi connectivity index (χ3n) is 3.20. The number of rotatable bonds is 12. The van der Waals surface area contributed by atoms with E-state index in [0.29, 0.717) is 6.42 Å². The molecule has 2 atom stereocenters. The summed E-state index contributed by atoms with van der Waals surface area (Å²) in [7, 11) is 0. The number of aliphatic hydroxyl groups excluding tert-OH is 1. The molecule has 0 unspecified atom stereocenters. The van der Waals surface area contributed by atoms with Crippen molar-refractivity contribution >= 4 is 17.6 Å². The first-order chi connectivity index (χ1) is 9.13. The fourth-order valence-corrected chi connectivity index (χ4v) is 2.26. The molecule has 0 aliphatic heterocycles. The van der Waals surface area contributed by atoms with Crippen LogP contribution in [0.4, 0.5) is 0 Å². The van der Waals surface area contributed by atoms with Crippen LogP contribution in [0, 0.1) is 0 Å². The molecule has 0 aliphatic rings. The third kappa shape index (κ3) is 10.2. The second-order valence-electron chi connectivity index (χ2n) is 4.98. The first-order valence-electron chi connectivity index (χ1n) is 7.62. The molecule has 0 fully saturated rings. The standard InChI is InChI=1S/C15H29ClO3/c1-3-5-6-7-8-9-10-11-12-13(16)14(17)15(18)19-4-2/h13-14,17H,3-12H2,1-2H3/t13-,14-/m1/s1. The van der Waals surface area contributed by atoms with E-state index in [1.165, 1.54) is 38.5 Å². The molecule has 0 saturated carbocycles. The minimum atomic E-state index is -1.19. The molecule has 0 amide bonds. The summed E-state index contributed by atoms with van der Waals surface area (Å²) in [6.45, 7) is 4.21. The normalized spacial score (nSPS) is 14.1. The lowest BCUT2D eigenvalue weighted by Gasteiger charge is -2.15. The number of alkyl halides is 1. The summed E-state index contributed by atoms with van der Waals surface area (Å²) < 4.78 is 4.73. The van der Waals surface area contributed by atoms with Crippen LogP contribution < -0.4 is 0 Å². The molecule has 0 aromatic carbocycles. The van der Waals surface area contributed by atoms with Crippen molar-refractivity contribution in [3.8, 4) is 0 Å². The first kappa shape index (κ1) is 18.7. The maximum absolute atomic E-state index is 11.3. The van der Waals surface area contributed by atoms with Gasteiger partial charge < -0.3 is 9.84 Å². The Labute approximate surface area is 122 Å². The van der Waals surface area contributed by atoms with E-state index in [1.54, 1.807) is 6.92 Å². The minimum Gasteiger partial charge on any atom is -0.464 e. The van der Waals surface area contributed by atoms with Crippen molar-refractivity contribution in [1.29, 1.82) is 0 Å². The van der Waals surface area contributed by atoms with E-state index in [9.17, 15) is 9.90 Å². The van der Waals surface area contributed by atoms with Crippen LogP contribution in [0.15, 0.2) is 0 Å². The van der Waals surface area contributed by atoms with Crippen LogP contribution in [-0.2, 0) is 9.53 Å². The zero-order valence-electron chi connectivity index (χ0n) is 12.4. The molecule has 114 valence electrons. The van der Waals surface area contributed by atoms with E-state index in [-0.39, 0.29) is 6.61 Å². The van der Waals surface area contributed by atoms with E-state index < -0.39 is 17.5 Å². The van der Waals surface area contributed by atoms with Gasteiger partial charge in [-0.2, -0.15) is 0 Å². The van der Waals surface area contributed by atoms with Crippen LogP contribution in [0.5, 0.6) is 0 Å². The highest BCUT2D eigenvalue weighted by atomic mass is 35.5. The molecular weight excluding hydrogens is 264 g/mol. The fourth-order valence-electron chi connectivity index (χ4n) is 2.01. The van der Waals surface area contributed by atoms with E-state index in [1.807, 2.05) is 0 Å². The van der Waals surface area contributed by atoms with Gasteiger partial charge in [-0.25, -0.2) is 4.79 Å². The smallest absolute Gasteiger partial charge is 0.336 e. The Balaban J connectivity index is 3.47. The number of carbonyl (C=O) groups excluding carboxylic acids is 1. The van der Waals surface area contributed by atoms with Crippen molar-refractivity contribution in [2.24, 2.45) is 0 Å². The Morgan fingerprint density at radius 1 is 1.05 bits per heavy atom. The largest absolute Gasteiger partial charge is 0.464 e. The van der Waals surface area contributed by atoms with Crippen LogP contribution in [-0.4, -0.2) is 29.2 Å². The SMILES string of the molecule is CCCCCCCCCC[C@@H](Cl)[C@@H](O)C(=O)OCC. The average Bonchev–Trinajstić information content (AvgIpc) is 2.41. The number of ether oxygens (including phenoxy) is 1. The van der Waals surface area contributed by atoms with E-state index in [4.69, 9.17) is 16.3 Å². The lowest BCUT2D eigenvalue weighted by Crippen LogP contribution is -2.32. The highest BCUT2D eigenvalue weighted by Crippen LogP contribution is 2.16. The maximum atomic E-state index is 11.3. The molecule has 0 aromatic rings. The van der Waals surface area contributed by atoms with Gasteiger partial charge in [0, 0.05) is 0 Å². The number of unbranched alkanes of at least 4 members (excludes halogenated alkanes) is 7. The van der Waals surface area contributed by atoms with Gasteiger partial charge in [-0.1, -0.05) is 58.3 Å². The van der Waals surface area contributed by atoms with Crippen molar-refractivity contribution in [3.63, 3.8) is 0 Å². The molecule has 0 heterocycles. The Morgan fingerprint density at radius 2 is 1.58 bits per heavy atom. The molecule has 19 heavy (non-hydrogen) atoms. The molecule has 0 aromatic heterocycles. The molecule has 0 saturated heterocycles. The fraction of sp³-hybridized carbons (Fsp3) is 0.933. The average molecular weight is 293 g/mol. The Bertz CT molecular complexity index is 221. The molecule has 3 nitrogen and oxygen atoms in total. The van der Waals surface area contributed by atoms with E-state index in [2.05, 4.69) is 6.92 Å². The predicted octanol–water partition coefficient (Wildman–Crippen LogP) is 4.05. The topological polar surface area (TPSA) is 46.5 Å². The van der Waals surface area contributed by atoms with E-state index in [0.717, 1.165) is 12.8 Å². The van der Waals surface area contributed by atoms with Crippen LogP contribution in [0.3, 0.4) is 0 Å². The third-order valence-corrected chi connectivity index (χ3v) is 3.66. The summed E-state index contributed by atoms with van der Waals surface area (Å²) in [6.07, 6.45) is 9.27. The van der Waals surface area contributed by atoms with Crippen molar-refractivity contribution < 1.29 is 14.6 Å². The molecule has 0 rings (SSSR count). The molecule has 0 aliphatic carbocycles. The lowest BCUT2D eigenvalue weighted by atomic mass is 10.0. The van der Waals surface area contributed by atoms with Gasteiger partial charge in [0.2, 0.25) is 0 Å². The van der Waals surface area contributed by atoms with E-state index >= 15 is 0 Å². The highest BCUT2D eigenvalue weighted by molar-refractivity contribution is 6.22. The van der Waals surface area contributed by atoms with Gasteiger partial charge in [0.1, 0.15) is 0 Å². The molecular formula is C15H29ClO3. The van der Waals surface area contributed by atoms with Crippen molar-refractivity contribution in [3.05, 3.63) is 0 Å². The van der Waals surface area contributed by atoms with Crippen LogP contribution in [0.2, 0.25) is 0 Å². The van der Waals surface area contributed by atoms with Crippen molar-refractivity contribution in [1.82, 2.24) is 0 Å². The molecule has 1 N–H and O–H groups in total. The molecule has 0 bridgehead atoms. The minimum absolute atomic E-state index is 0.275. The monoisotopic (exact) mass is 292 g/mol. The van der Waals surface area contributed by atoms with Crippen LogP contribution in [0.1, 0.15) is 71.6 Å². The van der Waals surface area contributed by atoms with Gasteiger partial charge in [-0.15, -0.1) is 11.6 Å². The highest BCUT2D eigenvalue weighted by Gasteiger charge is 2.24. The number of hydrogen-bond donors (Lipinski definition) is 1. The molecule has 0 radical (unpaired) electrons. The van der Waals surface area contributed by atoms with Crippen LogP contribution in [0.25, 0.3) is 0 Å². The Hall–Kier alpha value is -0.280. The summed E-state index contributed by atoms with van der Waals surface area (Å²) in [5.41, 5.74) is 0. The van der Waals surface area contributed by atoms with Gasteiger partial charge in [0.15, 0.2) is 6.10 Å². The van der Waals surface area contributed by atoms with Crippen LogP contribution >= 0.6 is 11.6 Å². The molecule has 4 heteroatoms. The molecule has 0 spiro atoms. The summed E-state index contributed by atoms with van der Waals surface area (Å²) in [4.78, 5) is 11.3. The maximum Gasteiger partial charge on any atom is 0.336 e. The predicted molar refractivity (Wildman–Crippen MR) is 79.5 cm³/mol. The number of aliphatic hydroxyl groups is 1. The van der Waals surface area contributed by atoms with Gasteiger partial charge in [0.05, 0.1) is 12.0 Å². The van der Waals surface area contributed by atoms with Crippen molar-refractivity contribution in [2.75, 3.05) is 6.61 Å². The summed E-state index contributed by atoms with van der Waals surface area (Å²) in [5, 5.41) is 9.08. The number of hydrogen-bond acceptors (Lipinski definition) is 3. The number of esters is 1. The van der Waals surface area contributed by atoms with Crippen molar-refractivity contribution in [2.45, 2.75) is 83.1 Å². The zero-order chi connectivity index (χ0) is 14.5. The summed E-state index contributed by atoms with van der Waals surface area (Å²) in [6, 6.07) is 0. The van der Waals surface area contributed by atoms with Gasteiger partial charge in [-0.3, -0.25) is 0 Å². The second-order valence-corrected chi connectivity index (χ2v) is 5.54. The van der Waals surface area contributed by atoms with Gasteiger partial charge in [-0.05, 0) is 13.3 Å². The number of halogens is 1. The quantitative estimate of drug-likeness (QED) is 0.335. The lowest BCUT2D eigenvalue weighted by molar-refractivity contribution is -0.153. The summed E-state index contributed by atoms with van der Waals surface area (Å²) in [5.74, 6) is -0.609. The van der Waals surface area contributed by atoms with Gasteiger partial charge >= 0.3 is 5.97 Å². The zero-order valence-corrected chi connectivity index (χ0v) is 13.1. The van der Waals surface area contributed by atoms with Gasteiger partial charge in [0.25, 0.3) is 0 Å². The Kier molecular flexibility index (Phi) is 12.6. The second kappa shape index (κ2) is 12.7. The first-order valence-corrected chi connectivity index (χ1v) is 8.05. The summed E-state index contributed by atoms with van der Waals surface area (Å²) >= 11 is 5.99.